The summed E-state index contributed by atoms with van der Waals surface area (Å²) in [7, 11) is 1.31. The smallest absolute Gasteiger partial charge is 0.341 e. The molecule has 0 bridgehead atoms. The van der Waals surface area contributed by atoms with E-state index in [1.807, 2.05) is 32.0 Å². The molecule has 1 heterocycles. The lowest BCUT2D eigenvalue weighted by Crippen LogP contribution is -2.21. The van der Waals surface area contributed by atoms with E-state index >= 15 is 0 Å². The molecule has 0 unspecified atom stereocenters. The van der Waals surface area contributed by atoms with Crippen molar-refractivity contribution in [1.82, 2.24) is 0 Å². The summed E-state index contributed by atoms with van der Waals surface area (Å²) in [6, 6.07) is 12.8. The quantitative estimate of drug-likeness (QED) is 0.400. The zero-order chi connectivity index (χ0) is 21.8. The zero-order valence-electron chi connectivity index (χ0n) is 16.5. The number of esters is 1. The molecule has 1 aromatic heterocycles. The molecule has 3 rings (SSSR count). The molecule has 0 aliphatic heterocycles. The monoisotopic (exact) mass is 507 g/mol. The molecule has 0 radical (unpaired) electrons. The van der Waals surface area contributed by atoms with Crippen molar-refractivity contribution in [1.29, 1.82) is 0 Å². The Morgan fingerprint density at radius 2 is 1.93 bits per heavy atom. The summed E-state index contributed by atoms with van der Waals surface area (Å²) in [5.41, 5.74) is 2.83. The first-order chi connectivity index (χ1) is 14.3. The second kappa shape index (κ2) is 9.64. The third-order valence-electron chi connectivity index (χ3n) is 4.29. The van der Waals surface area contributed by atoms with Crippen molar-refractivity contribution in [2.75, 3.05) is 19.0 Å². The molecule has 5 nitrogen and oxygen atoms in total. The van der Waals surface area contributed by atoms with Crippen LogP contribution in [-0.2, 0) is 9.53 Å². The first-order valence-electron chi connectivity index (χ1n) is 8.96. The van der Waals surface area contributed by atoms with Gasteiger partial charge < -0.3 is 14.8 Å². The Hall–Kier alpha value is -2.35. The van der Waals surface area contributed by atoms with E-state index in [1.54, 1.807) is 24.3 Å². The van der Waals surface area contributed by atoms with Crippen LogP contribution in [0.15, 0.2) is 46.9 Å². The molecule has 30 heavy (non-hydrogen) atoms. The minimum absolute atomic E-state index is 0.203. The number of amides is 1. The fourth-order valence-electron chi connectivity index (χ4n) is 2.95. The second-order valence-corrected chi connectivity index (χ2v) is 9.03. The fraction of sp³-hybridized carbons (Fsp3) is 0.182. The standard InChI is InChI=1S/C22H19BrClNO4S/c1-12-7-8-17(16(23)9-12)29-11-18(26)25-21-20(22(27)28-3)19(13(2)30-21)14-5-4-6-15(24)10-14/h4-10H,11H2,1-3H3,(H,25,26). The molecular formula is C22H19BrClNO4S. The van der Waals surface area contributed by atoms with Gasteiger partial charge in [0.05, 0.1) is 11.6 Å². The number of aryl methyl sites for hydroxylation is 2. The summed E-state index contributed by atoms with van der Waals surface area (Å²) in [5.74, 6) is -0.357. The van der Waals surface area contributed by atoms with Gasteiger partial charge in [-0.25, -0.2) is 4.79 Å². The maximum Gasteiger partial charge on any atom is 0.341 e. The molecule has 0 spiro atoms. The Labute approximate surface area is 192 Å². The van der Waals surface area contributed by atoms with Gasteiger partial charge in [0, 0.05) is 15.5 Å². The second-order valence-electron chi connectivity index (χ2n) is 6.51. The first kappa shape index (κ1) is 22.3. The highest BCUT2D eigenvalue weighted by Crippen LogP contribution is 2.41. The number of methoxy groups -OCH3 is 1. The number of carbonyl (C=O) groups excluding carboxylic acids is 2. The molecule has 0 atom stereocenters. The highest BCUT2D eigenvalue weighted by molar-refractivity contribution is 9.10. The SMILES string of the molecule is COC(=O)c1c(NC(=O)COc2ccc(C)cc2Br)sc(C)c1-c1cccc(Cl)c1. The number of nitrogens with one attached hydrogen (secondary N) is 1. The summed E-state index contributed by atoms with van der Waals surface area (Å²) in [6.45, 7) is 3.64. The minimum Gasteiger partial charge on any atom is -0.483 e. The van der Waals surface area contributed by atoms with Crippen LogP contribution in [0.1, 0.15) is 20.8 Å². The van der Waals surface area contributed by atoms with Gasteiger partial charge >= 0.3 is 5.97 Å². The van der Waals surface area contributed by atoms with Crippen molar-refractivity contribution in [2.24, 2.45) is 0 Å². The van der Waals surface area contributed by atoms with E-state index in [4.69, 9.17) is 21.1 Å². The van der Waals surface area contributed by atoms with Crippen LogP contribution in [0.2, 0.25) is 5.02 Å². The van der Waals surface area contributed by atoms with Crippen molar-refractivity contribution >= 4 is 55.7 Å². The highest BCUT2D eigenvalue weighted by Gasteiger charge is 2.25. The Morgan fingerprint density at radius 1 is 1.17 bits per heavy atom. The van der Waals surface area contributed by atoms with Crippen molar-refractivity contribution in [2.45, 2.75) is 13.8 Å². The van der Waals surface area contributed by atoms with Gasteiger partial charge in [-0.05, 0) is 65.2 Å². The van der Waals surface area contributed by atoms with Gasteiger partial charge in [0.2, 0.25) is 0 Å². The Balaban J connectivity index is 1.85. The number of ether oxygens (including phenoxy) is 2. The summed E-state index contributed by atoms with van der Waals surface area (Å²) in [6.07, 6.45) is 0. The van der Waals surface area contributed by atoms with Crippen LogP contribution in [0.4, 0.5) is 5.00 Å². The van der Waals surface area contributed by atoms with Crippen LogP contribution >= 0.6 is 38.9 Å². The molecule has 156 valence electrons. The van der Waals surface area contributed by atoms with Crippen molar-refractivity contribution in [3.8, 4) is 16.9 Å². The number of rotatable bonds is 6. The molecule has 1 amide bonds. The average Bonchev–Trinajstić information content (AvgIpc) is 3.02. The van der Waals surface area contributed by atoms with Gasteiger partial charge in [0.1, 0.15) is 16.3 Å². The third-order valence-corrected chi connectivity index (χ3v) is 6.16. The minimum atomic E-state index is -0.535. The van der Waals surface area contributed by atoms with Crippen LogP contribution < -0.4 is 10.1 Å². The first-order valence-corrected chi connectivity index (χ1v) is 11.0. The normalized spacial score (nSPS) is 10.6. The van der Waals surface area contributed by atoms with E-state index in [9.17, 15) is 9.59 Å². The van der Waals surface area contributed by atoms with E-state index in [2.05, 4.69) is 21.2 Å². The molecular weight excluding hydrogens is 490 g/mol. The number of carbonyl (C=O) groups is 2. The van der Waals surface area contributed by atoms with E-state index < -0.39 is 5.97 Å². The number of anilines is 1. The van der Waals surface area contributed by atoms with Crippen LogP contribution in [0.3, 0.4) is 0 Å². The molecule has 0 fully saturated rings. The maximum atomic E-state index is 12.5. The van der Waals surface area contributed by atoms with Crippen molar-refractivity contribution in [3.63, 3.8) is 0 Å². The maximum absolute atomic E-state index is 12.5. The van der Waals surface area contributed by atoms with Crippen molar-refractivity contribution < 1.29 is 19.1 Å². The molecule has 0 saturated carbocycles. The number of halogens is 2. The summed E-state index contributed by atoms with van der Waals surface area (Å²) >= 11 is 10.8. The largest absolute Gasteiger partial charge is 0.483 e. The third kappa shape index (κ3) is 5.03. The van der Waals surface area contributed by atoms with Crippen LogP contribution in [0, 0.1) is 13.8 Å². The summed E-state index contributed by atoms with van der Waals surface area (Å²) in [4.78, 5) is 25.9. The lowest BCUT2D eigenvalue weighted by Gasteiger charge is -2.10. The van der Waals surface area contributed by atoms with Crippen molar-refractivity contribution in [3.05, 3.63) is 68.0 Å². The van der Waals surface area contributed by atoms with E-state index in [0.717, 1.165) is 20.5 Å². The Morgan fingerprint density at radius 3 is 2.60 bits per heavy atom. The molecule has 8 heteroatoms. The molecule has 3 aromatic rings. The lowest BCUT2D eigenvalue weighted by molar-refractivity contribution is -0.118. The lowest BCUT2D eigenvalue weighted by atomic mass is 10.0. The number of thiophene rings is 1. The van der Waals surface area contributed by atoms with Gasteiger partial charge in [-0.3, -0.25) is 4.79 Å². The van der Waals surface area contributed by atoms with Crippen LogP contribution in [0.25, 0.3) is 11.1 Å². The molecule has 1 N–H and O–H groups in total. The van der Waals surface area contributed by atoms with Crippen LogP contribution in [-0.4, -0.2) is 25.6 Å². The fourth-order valence-corrected chi connectivity index (χ4v) is 4.83. The number of hydrogen-bond acceptors (Lipinski definition) is 5. The van der Waals surface area contributed by atoms with Gasteiger partial charge in [-0.15, -0.1) is 11.3 Å². The van der Waals surface area contributed by atoms with E-state index in [-0.39, 0.29) is 12.5 Å². The molecule has 2 aromatic carbocycles. The van der Waals surface area contributed by atoms with Crippen LogP contribution in [0.5, 0.6) is 5.75 Å². The van der Waals surface area contributed by atoms with Gasteiger partial charge in [0.25, 0.3) is 5.91 Å². The van der Waals surface area contributed by atoms with Gasteiger partial charge in [0.15, 0.2) is 6.61 Å². The van der Waals surface area contributed by atoms with Gasteiger partial charge in [-0.1, -0.05) is 29.8 Å². The zero-order valence-corrected chi connectivity index (χ0v) is 19.7. The number of benzene rings is 2. The summed E-state index contributed by atoms with van der Waals surface area (Å²) in [5, 5.41) is 3.74. The molecule has 0 aliphatic carbocycles. The molecule has 0 aliphatic rings. The van der Waals surface area contributed by atoms with E-state index in [0.29, 0.717) is 26.9 Å². The summed E-state index contributed by atoms with van der Waals surface area (Å²) < 4.78 is 11.3. The number of hydrogen-bond donors (Lipinski definition) is 1. The predicted molar refractivity (Wildman–Crippen MR) is 124 cm³/mol. The van der Waals surface area contributed by atoms with E-state index in [1.165, 1.54) is 18.4 Å². The highest BCUT2D eigenvalue weighted by atomic mass is 79.9. The predicted octanol–water partition coefficient (Wildman–Crippen LogP) is 6.25. The van der Waals surface area contributed by atoms with Gasteiger partial charge in [-0.2, -0.15) is 0 Å². The molecule has 0 saturated heterocycles. The Kier molecular flexibility index (Phi) is 7.18. The average molecular weight is 509 g/mol. The topological polar surface area (TPSA) is 64.6 Å². The Bertz CT molecular complexity index is 1110.